The Labute approximate surface area is 113 Å². The Kier molecular flexibility index (Phi) is 5.28. The van der Waals surface area contributed by atoms with Crippen molar-refractivity contribution in [3.8, 4) is 5.75 Å². The molecule has 0 heterocycles. The number of para-hydroxylation sites is 1. The van der Waals surface area contributed by atoms with Crippen LogP contribution in [0.15, 0.2) is 18.2 Å². The number of hydrogen-bond acceptors (Lipinski definition) is 2. The van der Waals surface area contributed by atoms with Crippen LogP contribution in [-0.2, 0) is 17.4 Å². The molecule has 0 unspecified atom stereocenters. The van der Waals surface area contributed by atoms with Crippen LogP contribution >= 0.6 is 15.9 Å². The van der Waals surface area contributed by atoms with Gasteiger partial charge in [0.1, 0.15) is 11.5 Å². The smallest absolute Gasteiger partial charge is 0.419 e. The SMILES string of the molecule is O=C(CBr)Cc1cccc(C(F)(F)F)c1OC(F)F. The third kappa shape index (κ3) is 4.45. The molecule has 0 N–H and O–H groups in total. The van der Waals surface area contributed by atoms with Crippen LogP contribution in [0.4, 0.5) is 22.0 Å². The molecule has 2 nitrogen and oxygen atoms in total. The van der Waals surface area contributed by atoms with Gasteiger partial charge in [-0.3, -0.25) is 4.79 Å². The summed E-state index contributed by atoms with van der Waals surface area (Å²) in [5.41, 5.74) is -1.55. The maximum absolute atomic E-state index is 12.7. The molecule has 1 rings (SSSR count). The first-order chi connectivity index (χ1) is 8.75. The highest BCUT2D eigenvalue weighted by molar-refractivity contribution is 9.09. The Morgan fingerprint density at radius 2 is 1.95 bits per heavy atom. The molecule has 0 saturated carbocycles. The summed E-state index contributed by atoms with van der Waals surface area (Å²) in [6.07, 6.45) is -5.26. The van der Waals surface area contributed by atoms with E-state index < -0.39 is 36.3 Å². The normalized spacial score (nSPS) is 11.7. The number of carbonyl (C=O) groups excluding carboxylic acids is 1. The zero-order valence-corrected chi connectivity index (χ0v) is 10.9. The number of halogens is 6. The van der Waals surface area contributed by atoms with Crippen molar-refractivity contribution in [2.45, 2.75) is 19.2 Å². The lowest BCUT2D eigenvalue weighted by atomic mass is 10.0. The molecule has 0 fully saturated rings. The Morgan fingerprint density at radius 1 is 1.32 bits per heavy atom. The standard InChI is InChI=1S/C11H8BrF5O2/c12-5-7(18)4-6-2-1-3-8(11(15,16)17)9(6)19-10(13)14/h1-3,10H,4-5H2. The molecule has 0 atom stereocenters. The lowest BCUT2D eigenvalue weighted by molar-refractivity contribution is -0.142. The van der Waals surface area contributed by atoms with Gasteiger partial charge in [-0.05, 0) is 6.07 Å². The van der Waals surface area contributed by atoms with E-state index in [1.165, 1.54) is 0 Å². The molecule has 0 spiro atoms. The first-order valence-corrected chi connectivity index (χ1v) is 6.09. The zero-order valence-electron chi connectivity index (χ0n) is 9.31. The summed E-state index contributed by atoms with van der Waals surface area (Å²) in [7, 11) is 0. The minimum atomic E-state index is -4.84. The lowest BCUT2D eigenvalue weighted by Gasteiger charge is -2.16. The largest absolute Gasteiger partial charge is 0.434 e. The summed E-state index contributed by atoms with van der Waals surface area (Å²) in [5, 5.41) is -0.0859. The maximum Gasteiger partial charge on any atom is 0.419 e. The van der Waals surface area contributed by atoms with Crippen molar-refractivity contribution in [2.75, 3.05) is 5.33 Å². The predicted molar refractivity (Wildman–Crippen MR) is 60.6 cm³/mol. The van der Waals surface area contributed by atoms with Crippen molar-refractivity contribution < 1.29 is 31.5 Å². The van der Waals surface area contributed by atoms with Crippen molar-refractivity contribution in [3.05, 3.63) is 29.3 Å². The van der Waals surface area contributed by atoms with E-state index in [2.05, 4.69) is 20.7 Å². The zero-order chi connectivity index (χ0) is 14.6. The summed E-state index contributed by atoms with van der Waals surface area (Å²) >= 11 is 2.84. The highest BCUT2D eigenvalue weighted by Crippen LogP contribution is 2.39. The Balaban J connectivity index is 3.26. The number of alkyl halides is 6. The Morgan fingerprint density at radius 3 is 2.42 bits per heavy atom. The molecule has 0 saturated heterocycles. The van der Waals surface area contributed by atoms with Crippen molar-refractivity contribution in [1.82, 2.24) is 0 Å². The fraction of sp³-hybridized carbons (Fsp3) is 0.364. The monoisotopic (exact) mass is 346 g/mol. The van der Waals surface area contributed by atoms with Crippen LogP contribution in [-0.4, -0.2) is 17.7 Å². The first-order valence-electron chi connectivity index (χ1n) is 4.97. The van der Waals surface area contributed by atoms with Gasteiger partial charge < -0.3 is 4.74 Å². The molecule has 0 aliphatic rings. The lowest BCUT2D eigenvalue weighted by Crippen LogP contribution is -2.15. The molecule has 0 radical (unpaired) electrons. The van der Waals surface area contributed by atoms with Crippen molar-refractivity contribution in [2.24, 2.45) is 0 Å². The summed E-state index contributed by atoms with van der Waals surface area (Å²) < 4.78 is 66.4. The van der Waals surface area contributed by atoms with E-state index in [0.29, 0.717) is 6.07 Å². The highest BCUT2D eigenvalue weighted by Gasteiger charge is 2.36. The molecule has 0 aromatic heterocycles. The number of Topliss-reactive ketones (excluding diaryl/α,β-unsaturated/α-hetero) is 1. The van der Waals surface area contributed by atoms with Gasteiger partial charge in [-0.15, -0.1) is 0 Å². The van der Waals surface area contributed by atoms with Crippen LogP contribution in [0.25, 0.3) is 0 Å². The van der Waals surface area contributed by atoms with Gasteiger partial charge in [0.15, 0.2) is 0 Å². The molecule has 8 heteroatoms. The number of hydrogen-bond donors (Lipinski definition) is 0. The van der Waals surface area contributed by atoms with Gasteiger partial charge in [-0.2, -0.15) is 22.0 Å². The van der Waals surface area contributed by atoms with Gasteiger partial charge in [0.2, 0.25) is 0 Å². The van der Waals surface area contributed by atoms with Gasteiger partial charge in [0.25, 0.3) is 0 Å². The molecule has 0 aliphatic heterocycles. The van der Waals surface area contributed by atoms with E-state index in [1.54, 1.807) is 0 Å². The second-order valence-corrected chi connectivity index (χ2v) is 4.08. The molecule has 0 aliphatic carbocycles. The van der Waals surface area contributed by atoms with Crippen molar-refractivity contribution in [3.63, 3.8) is 0 Å². The van der Waals surface area contributed by atoms with E-state index in [1.807, 2.05) is 0 Å². The molecule has 0 amide bonds. The number of benzene rings is 1. The second kappa shape index (κ2) is 6.31. The second-order valence-electron chi connectivity index (χ2n) is 3.52. The van der Waals surface area contributed by atoms with Crippen molar-refractivity contribution in [1.29, 1.82) is 0 Å². The third-order valence-corrected chi connectivity index (χ3v) is 2.77. The maximum atomic E-state index is 12.7. The van der Waals surface area contributed by atoms with Crippen LogP contribution in [0.5, 0.6) is 5.75 Å². The molecule has 106 valence electrons. The summed E-state index contributed by atoms with van der Waals surface area (Å²) in [6.45, 7) is -3.40. The minimum Gasteiger partial charge on any atom is -0.434 e. The average molecular weight is 347 g/mol. The van der Waals surface area contributed by atoms with E-state index >= 15 is 0 Å². The number of rotatable bonds is 5. The minimum absolute atomic E-state index is 0.0859. The Hall–Kier alpha value is -1.18. The van der Waals surface area contributed by atoms with Crippen LogP contribution in [0.3, 0.4) is 0 Å². The molecule has 1 aromatic carbocycles. The topological polar surface area (TPSA) is 26.3 Å². The van der Waals surface area contributed by atoms with E-state index in [-0.39, 0.29) is 10.9 Å². The highest BCUT2D eigenvalue weighted by atomic mass is 79.9. The van der Waals surface area contributed by atoms with Gasteiger partial charge in [-0.25, -0.2) is 0 Å². The number of ether oxygens (including phenoxy) is 1. The number of carbonyl (C=O) groups is 1. The average Bonchev–Trinajstić information content (AvgIpc) is 2.29. The first kappa shape index (κ1) is 15.9. The fourth-order valence-electron chi connectivity index (χ4n) is 1.44. The molecule has 1 aromatic rings. The van der Waals surface area contributed by atoms with Crippen LogP contribution in [0, 0.1) is 0 Å². The Bertz CT molecular complexity index is 459. The van der Waals surface area contributed by atoms with Crippen LogP contribution in [0.2, 0.25) is 0 Å². The molecule has 0 bridgehead atoms. The molecular formula is C11H8BrF5O2. The molecule has 19 heavy (non-hydrogen) atoms. The van der Waals surface area contributed by atoms with Crippen LogP contribution < -0.4 is 4.74 Å². The third-order valence-electron chi connectivity index (χ3n) is 2.15. The summed E-state index contributed by atoms with van der Waals surface area (Å²) in [4.78, 5) is 11.2. The van der Waals surface area contributed by atoms with Gasteiger partial charge in [0, 0.05) is 12.0 Å². The molecular weight excluding hydrogens is 339 g/mol. The number of ketones is 1. The van der Waals surface area contributed by atoms with Crippen LogP contribution in [0.1, 0.15) is 11.1 Å². The van der Waals surface area contributed by atoms with Crippen molar-refractivity contribution >= 4 is 21.7 Å². The predicted octanol–water partition coefficient (Wildman–Crippen LogP) is 3.81. The van der Waals surface area contributed by atoms with Gasteiger partial charge in [0.05, 0.1) is 10.9 Å². The summed E-state index contributed by atoms with van der Waals surface area (Å²) in [6, 6.07) is 2.81. The van der Waals surface area contributed by atoms with E-state index in [4.69, 9.17) is 0 Å². The van der Waals surface area contributed by atoms with Gasteiger partial charge >= 0.3 is 12.8 Å². The summed E-state index contributed by atoms with van der Waals surface area (Å²) in [5.74, 6) is -1.45. The fourth-order valence-corrected chi connectivity index (χ4v) is 1.63. The quantitative estimate of drug-likeness (QED) is 0.598. The van der Waals surface area contributed by atoms with E-state index in [0.717, 1.165) is 12.1 Å². The van der Waals surface area contributed by atoms with Gasteiger partial charge in [-0.1, -0.05) is 28.1 Å². The van der Waals surface area contributed by atoms with E-state index in [9.17, 15) is 26.7 Å².